The summed E-state index contributed by atoms with van der Waals surface area (Å²) < 4.78 is 7.71. The number of nitriles is 1. The molecule has 25 heavy (non-hydrogen) atoms. The van der Waals surface area contributed by atoms with E-state index < -0.39 is 8.32 Å². The lowest BCUT2D eigenvalue weighted by molar-refractivity contribution is 0.292. The summed E-state index contributed by atoms with van der Waals surface area (Å²) in [5.41, 5.74) is 2.60. The molecule has 2 rings (SSSR count). The molecular formula is C19H26N4OSi. The zero-order valence-corrected chi connectivity index (χ0v) is 16.7. The predicted molar refractivity (Wildman–Crippen MR) is 103 cm³/mol. The molecule has 0 amide bonds. The van der Waals surface area contributed by atoms with Crippen molar-refractivity contribution < 1.29 is 4.43 Å². The molecule has 0 radical (unpaired) electrons. The van der Waals surface area contributed by atoms with Crippen LogP contribution in [0.2, 0.25) is 18.1 Å². The summed E-state index contributed by atoms with van der Waals surface area (Å²) in [5.74, 6) is 0. The number of aromatic nitrogens is 3. The molecule has 0 spiro atoms. The van der Waals surface area contributed by atoms with E-state index in [1.54, 1.807) is 0 Å². The van der Waals surface area contributed by atoms with Gasteiger partial charge in [-0.3, -0.25) is 0 Å². The molecular weight excluding hydrogens is 328 g/mol. The Labute approximate surface area is 151 Å². The third-order valence-electron chi connectivity index (χ3n) is 4.69. The molecule has 0 aliphatic rings. The van der Waals surface area contributed by atoms with Crippen LogP contribution in [0.5, 0.6) is 0 Å². The number of rotatable bonds is 6. The van der Waals surface area contributed by atoms with E-state index in [4.69, 9.17) is 4.43 Å². The van der Waals surface area contributed by atoms with Crippen molar-refractivity contribution in [2.45, 2.75) is 45.3 Å². The summed E-state index contributed by atoms with van der Waals surface area (Å²) in [5, 5.41) is 13.5. The van der Waals surface area contributed by atoms with E-state index in [0.29, 0.717) is 5.70 Å². The molecule has 1 aromatic heterocycles. The summed E-state index contributed by atoms with van der Waals surface area (Å²) in [6, 6.07) is 10.3. The monoisotopic (exact) mass is 354 g/mol. The van der Waals surface area contributed by atoms with Gasteiger partial charge < -0.3 is 4.43 Å². The summed E-state index contributed by atoms with van der Waals surface area (Å²) in [6.07, 6.45) is 5.61. The molecule has 0 saturated heterocycles. The van der Waals surface area contributed by atoms with Crippen LogP contribution in [0, 0.1) is 11.3 Å². The smallest absolute Gasteiger partial charge is 0.191 e. The lowest BCUT2D eigenvalue weighted by Crippen LogP contribution is -2.41. The number of benzene rings is 1. The zero-order valence-electron chi connectivity index (χ0n) is 15.7. The maximum absolute atomic E-state index is 9.31. The van der Waals surface area contributed by atoms with Crippen LogP contribution < -0.4 is 0 Å². The molecule has 0 N–H and O–H groups in total. The number of nitrogens with zero attached hydrogens (tertiary/aromatic N) is 4. The first kappa shape index (κ1) is 19.1. The maximum atomic E-state index is 9.31. The quantitative estimate of drug-likeness (QED) is 0.571. The van der Waals surface area contributed by atoms with Crippen LogP contribution in [-0.4, -0.2) is 29.7 Å². The molecule has 0 aliphatic carbocycles. The summed E-state index contributed by atoms with van der Waals surface area (Å²) in [4.78, 5) is 3.88. The topological polar surface area (TPSA) is 63.7 Å². The van der Waals surface area contributed by atoms with Crippen molar-refractivity contribution in [3.8, 4) is 6.07 Å². The van der Waals surface area contributed by atoms with E-state index in [2.05, 4.69) is 62.1 Å². The van der Waals surface area contributed by atoms with Gasteiger partial charge in [-0.1, -0.05) is 45.0 Å². The Balaban J connectivity index is 2.06. The van der Waals surface area contributed by atoms with Crippen LogP contribution in [0.4, 0.5) is 0 Å². The van der Waals surface area contributed by atoms with Crippen LogP contribution in [0.3, 0.4) is 0 Å². The summed E-state index contributed by atoms with van der Waals surface area (Å²) in [7, 11) is -1.71. The van der Waals surface area contributed by atoms with Crippen LogP contribution in [0.25, 0.3) is 11.8 Å². The average molecular weight is 355 g/mol. The van der Waals surface area contributed by atoms with Gasteiger partial charge >= 0.3 is 0 Å². The van der Waals surface area contributed by atoms with E-state index in [-0.39, 0.29) is 5.04 Å². The Morgan fingerprint density at radius 2 is 2.12 bits per heavy atom. The van der Waals surface area contributed by atoms with Gasteiger partial charge in [0.2, 0.25) is 0 Å². The van der Waals surface area contributed by atoms with Crippen molar-refractivity contribution in [2.24, 2.45) is 0 Å². The second-order valence-corrected chi connectivity index (χ2v) is 12.4. The summed E-state index contributed by atoms with van der Waals surface area (Å²) in [6.45, 7) is 12.0. The fraction of sp³-hybridized carbons (Fsp3) is 0.421. The normalized spacial score (nSPS) is 12.9. The van der Waals surface area contributed by atoms with Gasteiger partial charge in [-0.2, -0.15) is 10.4 Å². The Hall–Kier alpha value is -2.23. The van der Waals surface area contributed by atoms with Crippen molar-refractivity contribution in [3.63, 3.8) is 0 Å². The molecule has 0 saturated carbocycles. The highest BCUT2D eigenvalue weighted by Crippen LogP contribution is 2.36. The standard InChI is InChI=1S/C19H26N4OSi/c1-19(2,3)25(4,5)24-10-9-16-7-6-8-17(11-16)12-18(13-20)23-15-21-14-22-23/h6-8,11-12,14-15H,9-10H2,1-5H3. The fourth-order valence-electron chi connectivity index (χ4n) is 2.12. The van der Waals surface area contributed by atoms with E-state index in [9.17, 15) is 5.26 Å². The molecule has 5 nitrogen and oxygen atoms in total. The highest BCUT2D eigenvalue weighted by Gasteiger charge is 2.36. The lowest BCUT2D eigenvalue weighted by Gasteiger charge is -2.36. The van der Waals surface area contributed by atoms with E-state index in [0.717, 1.165) is 18.6 Å². The molecule has 0 fully saturated rings. The van der Waals surface area contributed by atoms with Gasteiger partial charge in [0.15, 0.2) is 8.32 Å². The maximum Gasteiger partial charge on any atom is 0.191 e. The second kappa shape index (κ2) is 7.77. The average Bonchev–Trinajstić information content (AvgIpc) is 3.06. The molecule has 0 aliphatic heterocycles. The molecule has 2 aromatic rings. The predicted octanol–water partition coefficient (Wildman–Crippen LogP) is 4.36. The molecule has 132 valence electrons. The minimum Gasteiger partial charge on any atom is -0.416 e. The first-order valence-corrected chi connectivity index (χ1v) is 11.3. The van der Waals surface area contributed by atoms with Crippen molar-refractivity contribution >= 4 is 20.1 Å². The van der Waals surface area contributed by atoms with Gasteiger partial charge in [-0.25, -0.2) is 9.67 Å². The van der Waals surface area contributed by atoms with Crippen molar-refractivity contribution in [3.05, 3.63) is 48.0 Å². The van der Waals surface area contributed by atoms with Crippen LogP contribution in [0.1, 0.15) is 31.9 Å². The molecule has 0 unspecified atom stereocenters. The minimum atomic E-state index is -1.71. The summed E-state index contributed by atoms with van der Waals surface area (Å²) >= 11 is 0. The Kier molecular flexibility index (Phi) is 5.93. The number of hydrogen-bond acceptors (Lipinski definition) is 4. The van der Waals surface area contributed by atoms with E-state index in [1.807, 2.05) is 18.2 Å². The van der Waals surface area contributed by atoms with Crippen LogP contribution in [-0.2, 0) is 10.8 Å². The minimum absolute atomic E-state index is 0.219. The first-order chi connectivity index (χ1) is 11.7. The number of allylic oxidation sites excluding steroid dienone is 1. The van der Waals surface area contributed by atoms with Gasteiger partial charge in [-0.15, -0.1) is 0 Å². The molecule has 1 heterocycles. The third kappa shape index (κ3) is 5.12. The molecule has 1 aromatic carbocycles. The fourth-order valence-corrected chi connectivity index (χ4v) is 3.16. The molecule has 0 bridgehead atoms. The van der Waals surface area contributed by atoms with Crippen LogP contribution >= 0.6 is 0 Å². The Bertz CT molecular complexity index is 767. The number of hydrogen-bond donors (Lipinski definition) is 0. The van der Waals surface area contributed by atoms with Crippen molar-refractivity contribution in [2.75, 3.05) is 6.61 Å². The largest absolute Gasteiger partial charge is 0.416 e. The van der Waals surface area contributed by atoms with Gasteiger partial charge in [0.1, 0.15) is 24.4 Å². The van der Waals surface area contributed by atoms with Crippen LogP contribution in [0.15, 0.2) is 36.9 Å². The third-order valence-corrected chi connectivity index (χ3v) is 9.23. The van der Waals surface area contributed by atoms with Gasteiger partial charge in [0.25, 0.3) is 0 Å². The van der Waals surface area contributed by atoms with Gasteiger partial charge in [-0.05, 0) is 41.8 Å². The highest BCUT2D eigenvalue weighted by atomic mass is 28.4. The SMILES string of the molecule is CC(C)(C)[Si](C)(C)OCCc1cccc(C=C(C#N)n2cncn2)c1. The van der Waals surface area contributed by atoms with E-state index >= 15 is 0 Å². The molecule has 0 atom stereocenters. The molecule has 6 heteroatoms. The lowest BCUT2D eigenvalue weighted by atomic mass is 10.1. The van der Waals surface area contributed by atoms with Gasteiger partial charge in [0, 0.05) is 6.61 Å². The Morgan fingerprint density at radius 1 is 1.36 bits per heavy atom. The Morgan fingerprint density at radius 3 is 2.72 bits per heavy atom. The van der Waals surface area contributed by atoms with Gasteiger partial charge in [0.05, 0.1) is 0 Å². The van der Waals surface area contributed by atoms with E-state index in [1.165, 1.54) is 22.9 Å². The zero-order chi connectivity index (χ0) is 18.5. The van der Waals surface area contributed by atoms with Crippen molar-refractivity contribution in [1.29, 1.82) is 5.26 Å². The second-order valence-electron chi connectivity index (χ2n) is 7.59. The van der Waals surface area contributed by atoms with Crippen molar-refractivity contribution in [1.82, 2.24) is 14.8 Å². The first-order valence-electron chi connectivity index (χ1n) is 8.43. The highest BCUT2D eigenvalue weighted by molar-refractivity contribution is 6.74.